The van der Waals surface area contributed by atoms with Gasteiger partial charge < -0.3 is 15.0 Å². The molecule has 1 aromatic heterocycles. The van der Waals surface area contributed by atoms with Crippen molar-refractivity contribution in [3.05, 3.63) is 36.0 Å². The van der Waals surface area contributed by atoms with Gasteiger partial charge in [0.05, 0.1) is 17.7 Å². The van der Waals surface area contributed by atoms with E-state index in [2.05, 4.69) is 24.1 Å². The molecule has 0 bridgehead atoms. The van der Waals surface area contributed by atoms with Crippen LogP contribution in [-0.2, 0) is 4.74 Å². The van der Waals surface area contributed by atoms with Gasteiger partial charge in [-0.05, 0) is 18.1 Å². The average Bonchev–Trinajstić information content (AvgIpc) is 2.85. The number of carbonyl (C=O) groups is 1. The second-order valence-electron chi connectivity index (χ2n) is 4.97. The molecule has 0 saturated heterocycles. The lowest BCUT2D eigenvalue weighted by Crippen LogP contribution is -2.27. The summed E-state index contributed by atoms with van der Waals surface area (Å²) >= 11 is 0. The molecule has 0 aliphatic carbocycles. The van der Waals surface area contributed by atoms with Gasteiger partial charge in [0.25, 0.3) is 5.91 Å². The first-order valence-electron chi connectivity index (χ1n) is 6.60. The zero-order valence-electron chi connectivity index (χ0n) is 11.4. The van der Waals surface area contributed by atoms with Gasteiger partial charge in [-0.25, -0.2) is 0 Å². The SMILES string of the molecule is CC(C)COCCNC(=O)c1cccc2cc[nH]c12. The van der Waals surface area contributed by atoms with Crippen molar-refractivity contribution in [1.29, 1.82) is 0 Å². The van der Waals surface area contributed by atoms with Crippen LogP contribution in [0.1, 0.15) is 24.2 Å². The molecule has 0 radical (unpaired) electrons. The van der Waals surface area contributed by atoms with Crippen molar-refractivity contribution < 1.29 is 9.53 Å². The molecule has 102 valence electrons. The summed E-state index contributed by atoms with van der Waals surface area (Å²) in [6.45, 7) is 6.00. The van der Waals surface area contributed by atoms with Crippen LogP contribution in [0.3, 0.4) is 0 Å². The van der Waals surface area contributed by atoms with Crippen LogP contribution in [0.15, 0.2) is 30.5 Å². The highest BCUT2D eigenvalue weighted by Gasteiger charge is 2.09. The number of ether oxygens (including phenoxy) is 1. The number of fused-ring (bicyclic) bond motifs is 1. The van der Waals surface area contributed by atoms with E-state index in [1.54, 1.807) is 0 Å². The van der Waals surface area contributed by atoms with E-state index >= 15 is 0 Å². The third kappa shape index (κ3) is 3.58. The monoisotopic (exact) mass is 260 g/mol. The molecule has 1 heterocycles. The molecule has 1 amide bonds. The summed E-state index contributed by atoms with van der Waals surface area (Å²) in [5.41, 5.74) is 1.55. The summed E-state index contributed by atoms with van der Waals surface area (Å²) in [5, 5.41) is 3.92. The fourth-order valence-electron chi connectivity index (χ4n) is 1.93. The molecule has 0 spiro atoms. The molecule has 2 N–H and O–H groups in total. The van der Waals surface area contributed by atoms with E-state index in [9.17, 15) is 4.79 Å². The second-order valence-corrected chi connectivity index (χ2v) is 4.97. The number of para-hydroxylation sites is 1. The van der Waals surface area contributed by atoms with Crippen molar-refractivity contribution in [2.45, 2.75) is 13.8 Å². The van der Waals surface area contributed by atoms with E-state index in [-0.39, 0.29) is 5.91 Å². The van der Waals surface area contributed by atoms with Gasteiger partial charge in [-0.1, -0.05) is 26.0 Å². The Bertz CT molecular complexity index is 546. The van der Waals surface area contributed by atoms with E-state index in [1.807, 2.05) is 30.5 Å². The fourth-order valence-corrected chi connectivity index (χ4v) is 1.93. The van der Waals surface area contributed by atoms with Gasteiger partial charge in [0.2, 0.25) is 0 Å². The predicted octanol–water partition coefficient (Wildman–Crippen LogP) is 2.57. The molecule has 0 aliphatic rings. The lowest BCUT2D eigenvalue weighted by molar-refractivity contribution is 0.0887. The van der Waals surface area contributed by atoms with E-state index in [4.69, 9.17) is 4.74 Å². The first-order valence-corrected chi connectivity index (χ1v) is 6.60. The number of H-pyrrole nitrogens is 1. The van der Waals surface area contributed by atoms with Crippen LogP contribution < -0.4 is 5.32 Å². The van der Waals surface area contributed by atoms with Crippen LogP contribution in [0.5, 0.6) is 0 Å². The Morgan fingerprint density at radius 2 is 2.21 bits per heavy atom. The summed E-state index contributed by atoms with van der Waals surface area (Å²) in [4.78, 5) is 15.2. The lowest BCUT2D eigenvalue weighted by atomic mass is 10.1. The van der Waals surface area contributed by atoms with Gasteiger partial charge in [-0.2, -0.15) is 0 Å². The quantitative estimate of drug-likeness (QED) is 0.784. The molecular formula is C15H20N2O2. The lowest BCUT2D eigenvalue weighted by Gasteiger charge is -2.08. The fraction of sp³-hybridized carbons (Fsp3) is 0.400. The minimum absolute atomic E-state index is 0.0683. The van der Waals surface area contributed by atoms with E-state index < -0.39 is 0 Å². The summed E-state index contributed by atoms with van der Waals surface area (Å²) in [7, 11) is 0. The summed E-state index contributed by atoms with van der Waals surface area (Å²) in [6.07, 6.45) is 1.84. The van der Waals surface area contributed by atoms with Gasteiger partial charge >= 0.3 is 0 Å². The van der Waals surface area contributed by atoms with Crippen molar-refractivity contribution in [1.82, 2.24) is 10.3 Å². The normalized spacial score (nSPS) is 11.1. The number of aromatic nitrogens is 1. The van der Waals surface area contributed by atoms with Crippen LogP contribution >= 0.6 is 0 Å². The van der Waals surface area contributed by atoms with Crippen LogP contribution in [0.2, 0.25) is 0 Å². The second kappa shape index (κ2) is 6.38. The molecule has 2 rings (SSSR count). The predicted molar refractivity (Wildman–Crippen MR) is 76.3 cm³/mol. The first-order chi connectivity index (χ1) is 9.18. The van der Waals surface area contributed by atoms with Crippen LogP contribution in [0.4, 0.5) is 0 Å². The van der Waals surface area contributed by atoms with Crippen molar-refractivity contribution in [3.63, 3.8) is 0 Å². The number of amides is 1. The third-order valence-corrected chi connectivity index (χ3v) is 2.82. The summed E-state index contributed by atoms with van der Waals surface area (Å²) in [6, 6.07) is 7.65. The molecule has 2 aromatic rings. The van der Waals surface area contributed by atoms with Gasteiger partial charge in [-0.15, -0.1) is 0 Å². The maximum Gasteiger partial charge on any atom is 0.253 e. The molecular weight excluding hydrogens is 240 g/mol. The molecule has 0 unspecified atom stereocenters. The highest BCUT2D eigenvalue weighted by atomic mass is 16.5. The zero-order valence-corrected chi connectivity index (χ0v) is 11.4. The summed E-state index contributed by atoms with van der Waals surface area (Å²) < 4.78 is 5.43. The molecule has 0 fully saturated rings. The largest absolute Gasteiger partial charge is 0.379 e. The number of benzene rings is 1. The van der Waals surface area contributed by atoms with E-state index in [0.717, 1.165) is 17.5 Å². The van der Waals surface area contributed by atoms with Gasteiger partial charge in [-0.3, -0.25) is 4.79 Å². The average molecular weight is 260 g/mol. The highest BCUT2D eigenvalue weighted by molar-refractivity contribution is 6.05. The van der Waals surface area contributed by atoms with Gasteiger partial charge in [0, 0.05) is 24.7 Å². The van der Waals surface area contributed by atoms with Gasteiger partial charge in [0.1, 0.15) is 0 Å². The van der Waals surface area contributed by atoms with Crippen molar-refractivity contribution >= 4 is 16.8 Å². The standard InChI is InChI=1S/C15H20N2O2/c1-11(2)10-19-9-8-17-15(18)13-5-3-4-12-6-7-16-14(12)13/h3-7,11,16H,8-10H2,1-2H3,(H,17,18). The summed E-state index contributed by atoms with van der Waals surface area (Å²) in [5.74, 6) is 0.449. The molecule has 4 nitrogen and oxygen atoms in total. The third-order valence-electron chi connectivity index (χ3n) is 2.82. The Kier molecular flexibility index (Phi) is 4.58. The highest BCUT2D eigenvalue weighted by Crippen LogP contribution is 2.16. The maximum atomic E-state index is 12.1. The minimum atomic E-state index is -0.0683. The Labute approximate surface area is 113 Å². The Morgan fingerprint density at radius 1 is 1.37 bits per heavy atom. The molecule has 4 heteroatoms. The Hall–Kier alpha value is -1.81. The zero-order chi connectivity index (χ0) is 13.7. The van der Waals surface area contributed by atoms with Crippen molar-refractivity contribution in [3.8, 4) is 0 Å². The Balaban J connectivity index is 1.88. The molecule has 1 aromatic carbocycles. The molecule has 0 saturated carbocycles. The topological polar surface area (TPSA) is 54.1 Å². The van der Waals surface area contributed by atoms with E-state index in [0.29, 0.717) is 24.6 Å². The van der Waals surface area contributed by atoms with Crippen molar-refractivity contribution in [2.24, 2.45) is 5.92 Å². The van der Waals surface area contributed by atoms with Crippen LogP contribution in [-0.4, -0.2) is 30.6 Å². The molecule has 0 aliphatic heterocycles. The molecule has 0 atom stereocenters. The maximum absolute atomic E-state index is 12.1. The van der Waals surface area contributed by atoms with Crippen molar-refractivity contribution in [2.75, 3.05) is 19.8 Å². The minimum Gasteiger partial charge on any atom is -0.379 e. The van der Waals surface area contributed by atoms with Crippen LogP contribution in [0, 0.1) is 5.92 Å². The Morgan fingerprint density at radius 3 is 3.00 bits per heavy atom. The first kappa shape index (κ1) is 13.6. The number of nitrogens with one attached hydrogen (secondary N) is 2. The van der Waals surface area contributed by atoms with E-state index in [1.165, 1.54) is 0 Å². The number of hydrogen-bond acceptors (Lipinski definition) is 2. The smallest absolute Gasteiger partial charge is 0.253 e. The number of hydrogen-bond donors (Lipinski definition) is 2. The number of rotatable bonds is 6. The molecule has 19 heavy (non-hydrogen) atoms. The van der Waals surface area contributed by atoms with Crippen LogP contribution in [0.25, 0.3) is 10.9 Å². The number of aromatic amines is 1. The van der Waals surface area contributed by atoms with Gasteiger partial charge in [0.15, 0.2) is 0 Å². The number of carbonyl (C=O) groups excluding carboxylic acids is 1.